The van der Waals surface area contributed by atoms with Gasteiger partial charge in [0.05, 0.1) is 5.56 Å². The van der Waals surface area contributed by atoms with E-state index in [4.69, 9.17) is 0 Å². The number of alkyl halides is 3. The summed E-state index contributed by atoms with van der Waals surface area (Å²) in [6.07, 6.45) is -3.43. The number of rotatable bonds is 7. The van der Waals surface area contributed by atoms with Crippen molar-refractivity contribution in [2.24, 2.45) is 0 Å². The third-order valence-electron chi connectivity index (χ3n) is 3.45. The molecule has 0 radical (unpaired) electrons. The van der Waals surface area contributed by atoms with Crippen molar-refractivity contribution in [3.63, 3.8) is 0 Å². The summed E-state index contributed by atoms with van der Waals surface area (Å²) in [4.78, 5) is 11.7. The topological polar surface area (TPSA) is 41.1 Å². The van der Waals surface area contributed by atoms with Crippen LogP contribution in [-0.4, -0.2) is 19.0 Å². The summed E-state index contributed by atoms with van der Waals surface area (Å²) in [7, 11) is 0. The molecule has 0 heterocycles. The molecule has 0 unspecified atom stereocenters. The molecule has 2 aromatic carbocycles. The third kappa shape index (κ3) is 5.95. The van der Waals surface area contributed by atoms with Crippen molar-refractivity contribution in [3.8, 4) is 0 Å². The van der Waals surface area contributed by atoms with Gasteiger partial charge in [0.1, 0.15) is 0 Å². The molecule has 0 atom stereocenters. The number of hydrogen-bond donors (Lipinski definition) is 2. The van der Waals surface area contributed by atoms with Gasteiger partial charge in [-0.3, -0.25) is 4.79 Å². The van der Waals surface area contributed by atoms with Gasteiger partial charge in [0, 0.05) is 25.2 Å². The zero-order chi connectivity index (χ0) is 17.4. The van der Waals surface area contributed by atoms with E-state index in [2.05, 4.69) is 10.6 Å². The summed E-state index contributed by atoms with van der Waals surface area (Å²) in [6.45, 7) is 0.810. The molecule has 0 saturated carbocycles. The Kier molecular flexibility index (Phi) is 6.23. The van der Waals surface area contributed by atoms with E-state index in [1.807, 2.05) is 30.3 Å². The van der Waals surface area contributed by atoms with Gasteiger partial charge in [-0.25, -0.2) is 0 Å². The first-order valence-electron chi connectivity index (χ1n) is 7.67. The van der Waals surface area contributed by atoms with E-state index < -0.39 is 11.7 Å². The SMILES string of the molecule is O=C(CCNc1cccc(C(F)(F)F)c1)NCCc1ccccc1. The molecule has 0 spiro atoms. The molecule has 0 aliphatic rings. The average Bonchev–Trinajstić information content (AvgIpc) is 2.55. The van der Waals surface area contributed by atoms with Gasteiger partial charge in [-0.15, -0.1) is 0 Å². The van der Waals surface area contributed by atoms with E-state index in [0.717, 1.165) is 24.1 Å². The Hall–Kier alpha value is -2.50. The molecule has 2 aromatic rings. The van der Waals surface area contributed by atoms with Crippen LogP contribution in [0.4, 0.5) is 18.9 Å². The van der Waals surface area contributed by atoms with Gasteiger partial charge < -0.3 is 10.6 Å². The van der Waals surface area contributed by atoms with Crippen molar-refractivity contribution in [3.05, 3.63) is 65.7 Å². The summed E-state index contributed by atoms with van der Waals surface area (Å²) in [5.74, 6) is -0.134. The average molecular weight is 336 g/mol. The molecule has 24 heavy (non-hydrogen) atoms. The Balaban J connectivity index is 1.69. The van der Waals surface area contributed by atoms with E-state index >= 15 is 0 Å². The van der Waals surface area contributed by atoms with E-state index in [1.54, 1.807) is 6.07 Å². The van der Waals surface area contributed by atoms with E-state index in [0.29, 0.717) is 12.2 Å². The van der Waals surface area contributed by atoms with Crippen molar-refractivity contribution in [1.82, 2.24) is 5.32 Å². The molecular weight excluding hydrogens is 317 g/mol. The fraction of sp³-hybridized carbons (Fsp3) is 0.278. The summed E-state index contributed by atoms with van der Waals surface area (Å²) >= 11 is 0. The Labute approximate surface area is 138 Å². The lowest BCUT2D eigenvalue weighted by Gasteiger charge is -2.10. The van der Waals surface area contributed by atoms with Gasteiger partial charge in [0.15, 0.2) is 0 Å². The first-order valence-corrected chi connectivity index (χ1v) is 7.67. The van der Waals surface area contributed by atoms with Gasteiger partial charge in [0.2, 0.25) is 5.91 Å². The Morgan fingerprint density at radius 2 is 1.71 bits per heavy atom. The van der Waals surface area contributed by atoms with Crippen molar-refractivity contribution in [1.29, 1.82) is 0 Å². The van der Waals surface area contributed by atoms with Crippen LogP contribution in [0.3, 0.4) is 0 Å². The lowest BCUT2D eigenvalue weighted by atomic mass is 10.1. The van der Waals surface area contributed by atoms with Gasteiger partial charge in [-0.2, -0.15) is 13.2 Å². The lowest BCUT2D eigenvalue weighted by molar-refractivity contribution is -0.137. The highest BCUT2D eigenvalue weighted by molar-refractivity contribution is 5.76. The van der Waals surface area contributed by atoms with Crippen LogP contribution in [0.1, 0.15) is 17.5 Å². The smallest absolute Gasteiger partial charge is 0.385 e. The molecule has 2 N–H and O–H groups in total. The van der Waals surface area contributed by atoms with Crippen LogP contribution in [-0.2, 0) is 17.4 Å². The highest BCUT2D eigenvalue weighted by atomic mass is 19.4. The van der Waals surface area contributed by atoms with Crippen LogP contribution >= 0.6 is 0 Å². The van der Waals surface area contributed by atoms with Crippen molar-refractivity contribution >= 4 is 11.6 Å². The maximum Gasteiger partial charge on any atom is 0.416 e. The molecule has 0 aliphatic carbocycles. The summed E-state index contributed by atoms with van der Waals surface area (Å²) in [6, 6.07) is 14.7. The normalized spacial score (nSPS) is 11.1. The molecule has 0 fully saturated rings. The second-order valence-corrected chi connectivity index (χ2v) is 5.34. The first kappa shape index (κ1) is 17.8. The van der Waals surface area contributed by atoms with Gasteiger partial charge in [0.25, 0.3) is 0 Å². The van der Waals surface area contributed by atoms with Crippen molar-refractivity contribution in [2.75, 3.05) is 18.4 Å². The lowest BCUT2D eigenvalue weighted by Crippen LogP contribution is -2.27. The Morgan fingerprint density at radius 3 is 2.42 bits per heavy atom. The number of nitrogens with one attached hydrogen (secondary N) is 2. The third-order valence-corrected chi connectivity index (χ3v) is 3.45. The minimum absolute atomic E-state index is 0.134. The molecule has 1 amide bonds. The van der Waals surface area contributed by atoms with Crippen LogP contribution in [0.25, 0.3) is 0 Å². The fourth-order valence-corrected chi connectivity index (χ4v) is 2.21. The monoisotopic (exact) mass is 336 g/mol. The van der Waals surface area contributed by atoms with Gasteiger partial charge >= 0.3 is 6.18 Å². The van der Waals surface area contributed by atoms with Crippen LogP contribution in [0.5, 0.6) is 0 Å². The maximum absolute atomic E-state index is 12.6. The Morgan fingerprint density at radius 1 is 0.958 bits per heavy atom. The number of carbonyl (C=O) groups excluding carboxylic acids is 1. The molecule has 3 nitrogen and oxygen atoms in total. The Bertz CT molecular complexity index is 657. The maximum atomic E-state index is 12.6. The number of carbonyl (C=O) groups is 1. The second-order valence-electron chi connectivity index (χ2n) is 5.34. The van der Waals surface area contributed by atoms with E-state index in [-0.39, 0.29) is 18.9 Å². The quantitative estimate of drug-likeness (QED) is 0.806. The number of amides is 1. The second kappa shape index (κ2) is 8.38. The van der Waals surface area contributed by atoms with Gasteiger partial charge in [-0.1, -0.05) is 36.4 Å². The predicted molar refractivity (Wildman–Crippen MR) is 87.7 cm³/mol. The van der Waals surface area contributed by atoms with E-state index in [1.165, 1.54) is 6.07 Å². The molecule has 0 aliphatic heterocycles. The highest BCUT2D eigenvalue weighted by Gasteiger charge is 2.30. The fourth-order valence-electron chi connectivity index (χ4n) is 2.21. The molecule has 128 valence electrons. The van der Waals surface area contributed by atoms with Gasteiger partial charge in [-0.05, 0) is 30.2 Å². The number of halogens is 3. The minimum Gasteiger partial charge on any atom is -0.385 e. The highest BCUT2D eigenvalue weighted by Crippen LogP contribution is 2.30. The summed E-state index contributed by atoms with van der Waals surface area (Å²) < 4.78 is 37.8. The largest absolute Gasteiger partial charge is 0.416 e. The number of anilines is 1. The first-order chi connectivity index (χ1) is 11.4. The minimum atomic E-state index is -4.37. The molecule has 0 aromatic heterocycles. The zero-order valence-corrected chi connectivity index (χ0v) is 13.1. The number of hydrogen-bond acceptors (Lipinski definition) is 2. The summed E-state index contributed by atoms with van der Waals surface area (Å²) in [5, 5.41) is 5.63. The van der Waals surface area contributed by atoms with E-state index in [9.17, 15) is 18.0 Å². The molecular formula is C18H19F3N2O. The van der Waals surface area contributed by atoms with Crippen molar-refractivity contribution in [2.45, 2.75) is 19.0 Å². The molecule has 2 rings (SSSR count). The van der Waals surface area contributed by atoms with Crippen LogP contribution in [0, 0.1) is 0 Å². The molecule has 6 heteroatoms. The number of benzene rings is 2. The van der Waals surface area contributed by atoms with Crippen molar-refractivity contribution < 1.29 is 18.0 Å². The van der Waals surface area contributed by atoms with Crippen LogP contribution < -0.4 is 10.6 Å². The van der Waals surface area contributed by atoms with Crippen LogP contribution in [0.15, 0.2) is 54.6 Å². The standard InChI is InChI=1S/C18H19F3N2O/c19-18(20,21)15-7-4-8-16(13-15)22-12-10-17(24)23-11-9-14-5-2-1-3-6-14/h1-8,13,22H,9-12H2,(H,23,24). The summed E-state index contributed by atoms with van der Waals surface area (Å²) in [5.41, 5.74) is 0.779. The predicted octanol–water partition coefficient (Wildman–Crippen LogP) is 3.87. The molecule has 0 bridgehead atoms. The molecule has 0 saturated heterocycles. The zero-order valence-electron chi connectivity index (χ0n) is 13.1. The van der Waals surface area contributed by atoms with Crippen LogP contribution in [0.2, 0.25) is 0 Å².